The fraction of sp³-hybridized carbons (Fsp3) is 0.467. The van der Waals surface area contributed by atoms with Crippen molar-refractivity contribution in [2.24, 2.45) is 4.99 Å². The van der Waals surface area contributed by atoms with Crippen LogP contribution in [0.5, 0.6) is 0 Å². The standard InChI is InChI=1S/C30H34F2N10O2S2/c1-3-22(33-17(2)41-13-20(31)14-41)11-25(43)35-29-39-37-27(45-29)18-6-4-7-19(10-18)28-38-40-30(46-28)36-26(44)12-23-8-5-9-24(34-23)42-15-21(32)16-42/h3,5,8-9,18-21H,1-2,4,6-7,10-16H2,(H,35,39,43)(H,36,40,44)/t18-,19-/m0/s1. The summed E-state index contributed by atoms with van der Waals surface area (Å²) in [6.07, 6.45) is 3.52. The van der Waals surface area contributed by atoms with Gasteiger partial charge in [-0.3, -0.25) is 9.59 Å². The van der Waals surface area contributed by atoms with E-state index in [1.807, 2.05) is 17.0 Å². The Bertz CT molecular complexity index is 1630. The second-order valence-electron chi connectivity index (χ2n) is 11.6. The van der Waals surface area contributed by atoms with Gasteiger partial charge in [0.25, 0.3) is 0 Å². The number of anilines is 3. The van der Waals surface area contributed by atoms with Crippen LogP contribution in [0.3, 0.4) is 0 Å². The molecule has 0 unspecified atom stereocenters. The minimum atomic E-state index is -0.875. The molecule has 242 valence electrons. The second-order valence-corrected chi connectivity index (χ2v) is 13.6. The molecule has 2 saturated heterocycles. The molecule has 46 heavy (non-hydrogen) atoms. The first-order valence-electron chi connectivity index (χ1n) is 15.1. The Morgan fingerprint density at radius 3 is 2.20 bits per heavy atom. The Kier molecular flexibility index (Phi) is 9.72. The lowest BCUT2D eigenvalue weighted by Gasteiger charge is -2.35. The van der Waals surface area contributed by atoms with Crippen molar-refractivity contribution in [3.63, 3.8) is 0 Å². The molecule has 3 aromatic heterocycles. The van der Waals surface area contributed by atoms with Gasteiger partial charge in [-0.05, 0) is 37.5 Å². The number of likely N-dealkylation sites (tertiary alicyclic amines) is 1. The summed E-state index contributed by atoms with van der Waals surface area (Å²) in [4.78, 5) is 37.8. The zero-order valence-electron chi connectivity index (χ0n) is 25.1. The number of carbonyl (C=O) groups excluding carboxylic acids is 2. The molecule has 3 aliphatic rings. The Morgan fingerprint density at radius 1 is 0.957 bits per heavy atom. The first-order valence-corrected chi connectivity index (χ1v) is 16.7. The van der Waals surface area contributed by atoms with Crippen molar-refractivity contribution in [1.82, 2.24) is 30.3 Å². The molecule has 0 aromatic carbocycles. The molecular formula is C30H34F2N10O2S2. The number of hydrogen-bond donors (Lipinski definition) is 2. The maximum atomic E-state index is 13.2. The largest absolute Gasteiger partial charge is 0.351 e. The zero-order valence-corrected chi connectivity index (χ0v) is 26.7. The van der Waals surface area contributed by atoms with Crippen LogP contribution in [-0.4, -0.2) is 86.3 Å². The van der Waals surface area contributed by atoms with Crippen molar-refractivity contribution in [3.8, 4) is 0 Å². The molecule has 6 rings (SSSR count). The minimum Gasteiger partial charge on any atom is -0.351 e. The molecule has 2 N–H and O–H groups in total. The maximum absolute atomic E-state index is 13.2. The van der Waals surface area contributed by atoms with E-state index >= 15 is 0 Å². The highest BCUT2D eigenvalue weighted by Crippen LogP contribution is 2.43. The zero-order chi connectivity index (χ0) is 32.2. The van der Waals surface area contributed by atoms with Gasteiger partial charge in [-0.15, -0.1) is 20.4 Å². The van der Waals surface area contributed by atoms with Crippen molar-refractivity contribution >= 4 is 56.3 Å². The van der Waals surface area contributed by atoms with Crippen LogP contribution >= 0.6 is 22.7 Å². The molecule has 2 aliphatic heterocycles. The second kappa shape index (κ2) is 14.1. The van der Waals surface area contributed by atoms with Crippen LogP contribution in [0, 0.1) is 0 Å². The Hall–Kier alpha value is -4.18. The van der Waals surface area contributed by atoms with E-state index in [0.717, 1.165) is 35.7 Å². The van der Waals surface area contributed by atoms with Crippen LogP contribution in [0.1, 0.15) is 59.6 Å². The van der Waals surface area contributed by atoms with Gasteiger partial charge in [-0.25, -0.2) is 18.8 Å². The van der Waals surface area contributed by atoms with Crippen molar-refractivity contribution in [2.45, 2.75) is 62.7 Å². The number of alkyl halides is 2. The number of allylic oxidation sites excluding steroid dienone is 1. The molecule has 3 aromatic rings. The normalized spacial score (nSPS) is 20.5. The number of nitrogens with one attached hydrogen (secondary N) is 2. The molecule has 2 amide bonds. The predicted octanol–water partition coefficient (Wildman–Crippen LogP) is 4.65. The fourth-order valence-electron chi connectivity index (χ4n) is 5.58. The number of nitrogens with zero attached hydrogens (tertiary/aromatic N) is 8. The van der Waals surface area contributed by atoms with Crippen molar-refractivity contribution in [1.29, 1.82) is 0 Å². The summed E-state index contributed by atoms with van der Waals surface area (Å²) >= 11 is 2.72. The van der Waals surface area contributed by atoms with Gasteiger partial charge in [-0.1, -0.05) is 48.3 Å². The minimum absolute atomic E-state index is 0.0197. The van der Waals surface area contributed by atoms with Crippen LogP contribution < -0.4 is 15.5 Å². The van der Waals surface area contributed by atoms with E-state index in [4.69, 9.17) is 0 Å². The van der Waals surface area contributed by atoms with E-state index in [1.54, 1.807) is 11.0 Å². The number of carbonyl (C=O) groups is 2. The highest BCUT2D eigenvalue weighted by Gasteiger charge is 2.31. The molecule has 16 heteroatoms. The lowest BCUT2D eigenvalue weighted by molar-refractivity contribution is -0.116. The molecule has 0 spiro atoms. The van der Waals surface area contributed by atoms with Gasteiger partial charge in [0.05, 0.1) is 50.4 Å². The first kappa shape index (κ1) is 31.8. The lowest BCUT2D eigenvalue weighted by Crippen LogP contribution is -2.48. The Morgan fingerprint density at radius 2 is 1.59 bits per heavy atom. The van der Waals surface area contributed by atoms with Crippen molar-refractivity contribution < 1.29 is 18.4 Å². The van der Waals surface area contributed by atoms with Crippen LogP contribution in [0.25, 0.3) is 0 Å². The molecule has 2 atom stereocenters. The first-order chi connectivity index (χ1) is 22.2. The van der Waals surface area contributed by atoms with E-state index in [2.05, 4.69) is 54.2 Å². The van der Waals surface area contributed by atoms with Crippen LogP contribution in [0.4, 0.5) is 24.9 Å². The third-order valence-electron chi connectivity index (χ3n) is 8.09. The maximum Gasteiger partial charge on any atom is 0.232 e. The number of aliphatic imine (C=N–C) groups is 1. The summed E-state index contributed by atoms with van der Waals surface area (Å²) in [6, 6.07) is 5.41. The summed E-state index contributed by atoms with van der Waals surface area (Å²) in [7, 11) is 0. The van der Waals surface area contributed by atoms with Gasteiger partial charge in [0.15, 0.2) is 0 Å². The molecule has 1 aliphatic carbocycles. The summed E-state index contributed by atoms with van der Waals surface area (Å²) in [6.45, 7) is 8.72. The Balaban J connectivity index is 0.991. The van der Waals surface area contributed by atoms with Crippen molar-refractivity contribution in [3.05, 3.63) is 59.0 Å². The van der Waals surface area contributed by atoms with E-state index < -0.39 is 12.3 Å². The average molecular weight is 669 g/mol. The number of hydrogen-bond acceptors (Lipinski definition) is 12. The highest BCUT2D eigenvalue weighted by molar-refractivity contribution is 7.15. The van der Waals surface area contributed by atoms with Gasteiger partial charge in [0.2, 0.25) is 22.1 Å². The number of rotatable bonds is 12. The molecule has 1 saturated carbocycles. The smallest absolute Gasteiger partial charge is 0.232 e. The fourth-order valence-corrected chi connectivity index (χ4v) is 7.39. The lowest BCUT2D eigenvalue weighted by atomic mass is 9.82. The van der Waals surface area contributed by atoms with E-state index in [-0.39, 0.29) is 49.6 Å². The number of amides is 2. The van der Waals surface area contributed by atoms with Crippen LogP contribution in [0.2, 0.25) is 0 Å². The number of halogens is 2. The topological polar surface area (TPSA) is 141 Å². The average Bonchev–Trinajstić information content (AvgIpc) is 3.67. The Labute approximate surface area is 272 Å². The quantitative estimate of drug-likeness (QED) is 0.264. The summed E-state index contributed by atoms with van der Waals surface area (Å²) < 4.78 is 26.4. The van der Waals surface area contributed by atoms with Crippen LogP contribution in [0.15, 0.2) is 48.2 Å². The summed E-state index contributed by atoms with van der Waals surface area (Å²) in [5.74, 6) is 0.853. The van der Waals surface area contributed by atoms with Gasteiger partial charge in [0.1, 0.15) is 34.0 Å². The molecule has 0 radical (unpaired) electrons. The number of aromatic nitrogens is 5. The highest BCUT2D eigenvalue weighted by atomic mass is 32.1. The molecule has 3 fully saturated rings. The van der Waals surface area contributed by atoms with Gasteiger partial charge in [-0.2, -0.15) is 0 Å². The predicted molar refractivity (Wildman–Crippen MR) is 174 cm³/mol. The molecule has 12 nitrogen and oxygen atoms in total. The van der Waals surface area contributed by atoms with Gasteiger partial charge in [0, 0.05) is 11.8 Å². The van der Waals surface area contributed by atoms with Crippen LogP contribution in [-0.2, 0) is 16.0 Å². The van der Waals surface area contributed by atoms with E-state index in [9.17, 15) is 18.4 Å². The van der Waals surface area contributed by atoms with Crippen molar-refractivity contribution in [2.75, 3.05) is 41.7 Å². The molecule has 5 heterocycles. The molecular weight excluding hydrogens is 635 g/mol. The van der Waals surface area contributed by atoms with E-state index in [1.165, 1.54) is 28.7 Å². The number of pyridine rings is 1. The monoisotopic (exact) mass is 668 g/mol. The van der Waals surface area contributed by atoms with E-state index in [0.29, 0.717) is 46.4 Å². The summed E-state index contributed by atoms with van der Waals surface area (Å²) in [5.41, 5.74) is 1.03. The SMILES string of the molecule is C=CC(CC(=O)Nc1nnc([C@H]2CCC[C@H](c3nnc(NC(=O)Cc4cccc(N5CC(F)C5)n4)s3)C2)s1)=NC(=C)N1CC(F)C1. The van der Waals surface area contributed by atoms with Gasteiger partial charge < -0.3 is 20.4 Å². The third-order valence-corrected chi connectivity index (χ3v) is 10.1. The summed E-state index contributed by atoms with van der Waals surface area (Å²) in [5, 5.41) is 25.3. The molecule has 0 bridgehead atoms. The van der Waals surface area contributed by atoms with Gasteiger partial charge >= 0.3 is 0 Å². The third kappa shape index (κ3) is 7.78.